The van der Waals surface area contributed by atoms with Gasteiger partial charge in [-0.1, -0.05) is 36.4 Å². The van der Waals surface area contributed by atoms with E-state index in [-0.39, 0.29) is 5.91 Å². The Bertz CT molecular complexity index is 689. The first-order chi connectivity index (χ1) is 9.72. The molecule has 0 aromatic heterocycles. The van der Waals surface area contributed by atoms with E-state index in [2.05, 4.69) is 0 Å². The molecular weight excluding hydrogens is 250 g/mol. The molecule has 1 aliphatic heterocycles. The molecule has 0 saturated heterocycles. The number of carbonyl (C=O) groups is 1. The van der Waals surface area contributed by atoms with Crippen LogP contribution in [0.3, 0.4) is 0 Å². The predicted octanol–water partition coefficient (Wildman–Crippen LogP) is 3.21. The number of carbonyl (C=O) groups excluding carboxylic acids is 1. The molecule has 1 amide bonds. The number of amides is 1. The van der Waals surface area contributed by atoms with E-state index < -0.39 is 0 Å². The molecule has 0 saturated carbocycles. The lowest BCUT2D eigenvalue weighted by molar-refractivity contribution is -0.112. The highest BCUT2D eigenvalue weighted by atomic mass is 16.5. The molecular formula is C17H15NO2. The molecule has 2 aromatic carbocycles. The fourth-order valence-electron chi connectivity index (χ4n) is 2.49. The minimum atomic E-state index is -0.00615. The van der Waals surface area contributed by atoms with Gasteiger partial charge in [-0.3, -0.25) is 4.79 Å². The number of nitrogens with zero attached hydrogens (tertiary/aromatic N) is 1. The largest absolute Gasteiger partial charge is 0.496 e. The zero-order valence-corrected chi connectivity index (χ0v) is 11.5. The van der Waals surface area contributed by atoms with Crippen LogP contribution in [0.5, 0.6) is 5.75 Å². The highest BCUT2D eigenvalue weighted by Gasteiger charge is 2.32. The number of fused-ring (bicyclic) bond motifs is 1. The van der Waals surface area contributed by atoms with Crippen molar-refractivity contribution < 1.29 is 9.53 Å². The standard InChI is InChI=1S/C17H15NO2/c1-18-14-9-6-10-15(20-2)16(14)13(17(18)19)11-12-7-4-3-5-8-12/h3-11H,1-2H3/b13-11+. The minimum Gasteiger partial charge on any atom is -0.496 e. The Morgan fingerprint density at radius 1 is 1.05 bits per heavy atom. The fourth-order valence-corrected chi connectivity index (χ4v) is 2.49. The van der Waals surface area contributed by atoms with Crippen LogP contribution >= 0.6 is 0 Å². The molecule has 1 aliphatic rings. The molecule has 0 bridgehead atoms. The minimum absolute atomic E-state index is 0.00615. The Morgan fingerprint density at radius 2 is 1.80 bits per heavy atom. The molecule has 0 unspecified atom stereocenters. The van der Waals surface area contributed by atoms with Crippen molar-refractivity contribution in [2.45, 2.75) is 0 Å². The first-order valence-corrected chi connectivity index (χ1v) is 6.44. The average Bonchev–Trinajstić information content (AvgIpc) is 2.74. The highest BCUT2D eigenvalue weighted by molar-refractivity contribution is 6.36. The van der Waals surface area contributed by atoms with Crippen molar-refractivity contribution >= 4 is 23.2 Å². The maximum absolute atomic E-state index is 12.4. The van der Waals surface area contributed by atoms with Crippen LogP contribution in [0.25, 0.3) is 11.6 Å². The second-order valence-corrected chi connectivity index (χ2v) is 4.69. The number of hydrogen-bond donors (Lipinski definition) is 0. The molecule has 2 aromatic rings. The van der Waals surface area contributed by atoms with Crippen molar-refractivity contribution in [3.05, 3.63) is 59.7 Å². The van der Waals surface area contributed by atoms with Gasteiger partial charge in [0.2, 0.25) is 0 Å². The number of hydrogen-bond acceptors (Lipinski definition) is 2. The summed E-state index contributed by atoms with van der Waals surface area (Å²) in [6.07, 6.45) is 1.91. The topological polar surface area (TPSA) is 29.5 Å². The van der Waals surface area contributed by atoms with E-state index in [1.165, 1.54) is 0 Å². The summed E-state index contributed by atoms with van der Waals surface area (Å²) >= 11 is 0. The van der Waals surface area contributed by atoms with Crippen LogP contribution in [0.4, 0.5) is 5.69 Å². The van der Waals surface area contributed by atoms with Gasteiger partial charge in [-0.25, -0.2) is 0 Å². The molecule has 0 radical (unpaired) electrons. The smallest absolute Gasteiger partial charge is 0.258 e. The van der Waals surface area contributed by atoms with Crippen LogP contribution in [-0.2, 0) is 4.79 Å². The lowest BCUT2D eigenvalue weighted by Gasteiger charge is -2.09. The van der Waals surface area contributed by atoms with Gasteiger partial charge in [-0.15, -0.1) is 0 Å². The molecule has 20 heavy (non-hydrogen) atoms. The summed E-state index contributed by atoms with van der Waals surface area (Å²) in [5.41, 5.74) is 3.43. The molecule has 0 N–H and O–H groups in total. The number of ether oxygens (including phenoxy) is 1. The van der Waals surface area contributed by atoms with E-state index in [1.54, 1.807) is 19.1 Å². The Morgan fingerprint density at radius 3 is 2.50 bits per heavy atom. The van der Waals surface area contributed by atoms with E-state index in [0.29, 0.717) is 5.57 Å². The van der Waals surface area contributed by atoms with E-state index in [1.807, 2.05) is 54.6 Å². The first-order valence-electron chi connectivity index (χ1n) is 6.44. The number of anilines is 1. The second-order valence-electron chi connectivity index (χ2n) is 4.69. The van der Waals surface area contributed by atoms with E-state index in [9.17, 15) is 4.79 Å². The molecule has 3 nitrogen and oxygen atoms in total. The second kappa shape index (κ2) is 4.85. The van der Waals surface area contributed by atoms with Crippen LogP contribution in [0.15, 0.2) is 48.5 Å². The summed E-state index contributed by atoms with van der Waals surface area (Å²) in [4.78, 5) is 14.1. The van der Waals surface area contributed by atoms with Crippen molar-refractivity contribution in [2.75, 3.05) is 19.1 Å². The quantitative estimate of drug-likeness (QED) is 0.780. The van der Waals surface area contributed by atoms with Crippen molar-refractivity contribution in [3.63, 3.8) is 0 Å². The highest BCUT2D eigenvalue weighted by Crippen LogP contribution is 2.42. The van der Waals surface area contributed by atoms with Gasteiger partial charge in [0.25, 0.3) is 5.91 Å². The summed E-state index contributed by atoms with van der Waals surface area (Å²) in [6.45, 7) is 0. The maximum atomic E-state index is 12.4. The SMILES string of the molecule is COc1cccc2c1/C(=C\c1ccccc1)C(=O)N2C. The van der Waals surface area contributed by atoms with Crippen LogP contribution in [-0.4, -0.2) is 20.1 Å². The summed E-state index contributed by atoms with van der Waals surface area (Å²) in [7, 11) is 3.41. The molecule has 0 aliphatic carbocycles. The number of methoxy groups -OCH3 is 1. The van der Waals surface area contributed by atoms with Gasteiger partial charge in [0.05, 0.1) is 23.9 Å². The number of rotatable bonds is 2. The van der Waals surface area contributed by atoms with Gasteiger partial charge < -0.3 is 9.64 Å². The lowest BCUT2D eigenvalue weighted by atomic mass is 10.0. The zero-order chi connectivity index (χ0) is 14.1. The number of likely N-dealkylation sites (N-methyl/N-ethyl adjacent to an activating group) is 1. The van der Waals surface area contributed by atoms with Gasteiger partial charge in [-0.05, 0) is 23.8 Å². The third-order valence-corrected chi connectivity index (χ3v) is 3.50. The van der Waals surface area contributed by atoms with Crippen molar-refractivity contribution in [2.24, 2.45) is 0 Å². The Kier molecular flexibility index (Phi) is 3.03. The summed E-state index contributed by atoms with van der Waals surface area (Å²) in [5.74, 6) is 0.718. The fraction of sp³-hybridized carbons (Fsp3) is 0.118. The maximum Gasteiger partial charge on any atom is 0.258 e. The van der Waals surface area contributed by atoms with Crippen LogP contribution < -0.4 is 9.64 Å². The van der Waals surface area contributed by atoms with Gasteiger partial charge in [0.1, 0.15) is 5.75 Å². The van der Waals surface area contributed by atoms with E-state index in [0.717, 1.165) is 22.6 Å². The van der Waals surface area contributed by atoms with Gasteiger partial charge in [-0.2, -0.15) is 0 Å². The lowest BCUT2D eigenvalue weighted by Crippen LogP contribution is -2.20. The van der Waals surface area contributed by atoms with Crippen molar-refractivity contribution in [1.82, 2.24) is 0 Å². The molecule has 100 valence electrons. The zero-order valence-electron chi connectivity index (χ0n) is 11.5. The molecule has 3 rings (SSSR count). The molecule has 3 heteroatoms. The Balaban J connectivity index is 2.20. The molecule has 0 spiro atoms. The Labute approximate surface area is 118 Å². The third-order valence-electron chi connectivity index (χ3n) is 3.50. The summed E-state index contributed by atoms with van der Waals surface area (Å²) in [6, 6.07) is 15.5. The van der Waals surface area contributed by atoms with E-state index >= 15 is 0 Å². The van der Waals surface area contributed by atoms with Crippen LogP contribution in [0.2, 0.25) is 0 Å². The van der Waals surface area contributed by atoms with Gasteiger partial charge in [0.15, 0.2) is 0 Å². The predicted molar refractivity (Wildman–Crippen MR) is 80.7 cm³/mol. The van der Waals surface area contributed by atoms with Gasteiger partial charge >= 0.3 is 0 Å². The monoisotopic (exact) mass is 265 g/mol. The number of benzene rings is 2. The van der Waals surface area contributed by atoms with Crippen LogP contribution in [0.1, 0.15) is 11.1 Å². The summed E-state index contributed by atoms with van der Waals surface area (Å²) < 4.78 is 5.40. The Hall–Kier alpha value is -2.55. The van der Waals surface area contributed by atoms with Gasteiger partial charge in [0, 0.05) is 7.05 Å². The average molecular weight is 265 g/mol. The van der Waals surface area contributed by atoms with Crippen molar-refractivity contribution in [1.29, 1.82) is 0 Å². The normalized spacial score (nSPS) is 15.6. The van der Waals surface area contributed by atoms with Crippen LogP contribution in [0, 0.1) is 0 Å². The van der Waals surface area contributed by atoms with E-state index in [4.69, 9.17) is 4.74 Å². The summed E-state index contributed by atoms with van der Waals surface area (Å²) in [5, 5.41) is 0. The third kappa shape index (κ3) is 1.88. The molecule has 0 atom stereocenters. The van der Waals surface area contributed by atoms with Crippen molar-refractivity contribution in [3.8, 4) is 5.75 Å². The first kappa shape index (κ1) is 12.5. The molecule has 0 fully saturated rings. The molecule has 1 heterocycles.